The number of aliphatic carboxylic acids is 1. The van der Waals surface area contributed by atoms with E-state index in [1.54, 1.807) is 0 Å². The minimum atomic E-state index is -0.664. The number of thioether (sulfide) groups is 2. The summed E-state index contributed by atoms with van der Waals surface area (Å²) >= 11 is 4.26. The highest BCUT2D eigenvalue weighted by Crippen LogP contribution is 2.47. The van der Waals surface area contributed by atoms with Gasteiger partial charge in [0.2, 0.25) is 0 Å². The summed E-state index contributed by atoms with van der Waals surface area (Å²) in [5.74, 6) is 4.59. The first-order valence-electron chi connectivity index (χ1n) is 10.8. The molecule has 0 spiro atoms. The molecule has 0 radical (unpaired) electrons. The van der Waals surface area contributed by atoms with Crippen LogP contribution in [0.5, 0.6) is 0 Å². The second kappa shape index (κ2) is 11.2. The highest BCUT2D eigenvalue weighted by Gasteiger charge is 2.47. The molecule has 0 aromatic heterocycles. The summed E-state index contributed by atoms with van der Waals surface area (Å²) in [6.45, 7) is 0. The minimum absolute atomic E-state index is 0.321. The molecule has 2 saturated heterocycles. The van der Waals surface area contributed by atoms with Gasteiger partial charge in [-0.3, -0.25) is 4.79 Å². The molecule has 3 aliphatic rings. The molecule has 3 rings (SSSR count). The van der Waals surface area contributed by atoms with E-state index < -0.39 is 5.97 Å². The lowest BCUT2D eigenvalue weighted by atomic mass is 9.76. The Hall–Kier alpha value is 0.130. The van der Waals surface area contributed by atoms with Crippen molar-refractivity contribution in [2.24, 2.45) is 11.8 Å². The van der Waals surface area contributed by atoms with Crippen molar-refractivity contribution in [1.29, 1.82) is 0 Å². The smallest absolute Gasteiger partial charge is 0.303 e. The van der Waals surface area contributed by atoms with E-state index in [0.717, 1.165) is 35.7 Å². The van der Waals surface area contributed by atoms with Crippen LogP contribution in [0.1, 0.15) is 77.0 Å². The zero-order valence-electron chi connectivity index (χ0n) is 16.1. The van der Waals surface area contributed by atoms with Crippen molar-refractivity contribution in [2.75, 3.05) is 17.3 Å². The quantitative estimate of drug-likeness (QED) is 0.431. The van der Waals surface area contributed by atoms with Gasteiger partial charge in [-0.25, -0.2) is 0 Å². The van der Waals surface area contributed by atoms with Gasteiger partial charge in [-0.2, -0.15) is 23.5 Å². The molecule has 2 aliphatic heterocycles. The number of hydrogen-bond donors (Lipinski definition) is 1. The molecule has 0 aromatic rings. The van der Waals surface area contributed by atoms with Gasteiger partial charge in [0.05, 0.1) is 12.2 Å². The summed E-state index contributed by atoms with van der Waals surface area (Å²) in [6, 6.07) is 0. The standard InChI is InChI=1S/C21H36O3S2/c22-21(23)8-4-5-13-25-14-11-17-18(20-10-9-19(17)24-20)12-15-26-16-6-2-1-3-7-16/h16-20H,1-15H2,(H,22,23)/t17-,18+,19-,20+/m1/s1. The molecule has 150 valence electrons. The van der Waals surface area contributed by atoms with Crippen LogP contribution in [0.4, 0.5) is 0 Å². The fraction of sp³-hybridized carbons (Fsp3) is 0.952. The maximum Gasteiger partial charge on any atom is 0.303 e. The second-order valence-corrected chi connectivity index (χ2v) is 10.9. The van der Waals surface area contributed by atoms with Crippen LogP contribution in [0.25, 0.3) is 0 Å². The number of carbonyl (C=O) groups is 1. The van der Waals surface area contributed by atoms with Gasteiger partial charge in [0.15, 0.2) is 0 Å². The predicted octanol–water partition coefficient (Wildman–Crippen LogP) is 5.61. The van der Waals surface area contributed by atoms with Crippen molar-refractivity contribution in [3.05, 3.63) is 0 Å². The monoisotopic (exact) mass is 400 g/mol. The lowest BCUT2D eigenvalue weighted by Gasteiger charge is -2.29. The molecule has 0 aromatic carbocycles. The number of fused-ring (bicyclic) bond motifs is 2. The zero-order chi connectivity index (χ0) is 18.2. The van der Waals surface area contributed by atoms with Gasteiger partial charge in [0.25, 0.3) is 0 Å². The first-order chi connectivity index (χ1) is 12.7. The number of hydrogen-bond acceptors (Lipinski definition) is 4. The third kappa shape index (κ3) is 6.34. The van der Waals surface area contributed by atoms with Crippen LogP contribution in [-0.2, 0) is 9.53 Å². The van der Waals surface area contributed by atoms with E-state index in [-0.39, 0.29) is 0 Å². The molecular formula is C21H36O3S2. The first-order valence-corrected chi connectivity index (χ1v) is 13.0. The van der Waals surface area contributed by atoms with Gasteiger partial charge in [-0.05, 0) is 80.5 Å². The van der Waals surface area contributed by atoms with Crippen LogP contribution in [0.2, 0.25) is 0 Å². The minimum Gasteiger partial charge on any atom is -0.481 e. The number of carboxylic acids is 1. The summed E-state index contributed by atoms with van der Waals surface area (Å²) in [4.78, 5) is 10.5. The van der Waals surface area contributed by atoms with Crippen LogP contribution in [0.15, 0.2) is 0 Å². The molecular weight excluding hydrogens is 364 g/mol. The molecule has 5 heteroatoms. The molecule has 3 fully saturated rings. The molecule has 0 unspecified atom stereocenters. The lowest BCUT2D eigenvalue weighted by Crippen LogP contribution is -2.28. The molecule has 0 amide bonds. The fourth-order valence-electron chi connectivity index (χ4n) is 5.07. The lowest BCUT2D eigenvalue weighted by molar-refractivity contribution is -0.137. The molecule has 1 saturated carbocycles. The summed E-state index contributed by atoms with van der Waals surface area (Å²) in [7, 11) is 0. The predicted molar refractivity (Wildman–Crippen MR) is 112 cm³/mol. The Labute approximate surface area is 167 Å². The Balaban J connectivity index is 1.31. The normalized spacial score (nSPS) is 31.5. The molecule has 4 atom stereocenters. The average molecular weight is 401 g/mol. The Morgan fingerprint density at radius 1 is 0.885 bits per heavy atom. The van der Waals surface area contributed by atoms with Gasteiger partial charge in [-0.1, -0.05) is 19.3 Å². The zero-order valence-corrected chi connectivity index (χ0v) is 17.7. The summed E-state index contributed by atoms with van der Waals surface area (Å²) in [5, 5.41) is 9.61. The van der Waals surface area contributed by atoms with Gasteiger partial charge < -0.3 is 9.84 Å². The van der Waals surface area contributed by atoms with Crippen molar-refractivity contribution in [2.45, 2.75) is 94.5 Å². The number of carboxylic acid groups (broad SMARTS) is 1. The van der Waals surface area contributed by atoms with Crippen molar-refractivity contribution in [3.8, 4) is 0 Å². The van der Waals surface area contributed by atoms with E-state index in [4.69, 9.17) is 9.84 Å². The SMILES string of the molecule is O=C(O)CCCCSCC[C@@H]1[C@H](CCSC2CCCCC2)[C@@H]2CC[C@H]1O2. The molecule has 3 nitrogen and oxygen atoms in total. The molecule has 1 aliphatic carbocycles. The van der Waals surface area contributed by atoms with Crippen molar-refractivity contribution in [1.82, 2.24) is 0 Å². The van der Waals surface area contributed by atoms with Gasteiger partial charge >= 0.3 is 5.97 Å². The Morgan fingerprint density at radius 2 is 1.58 bits per heavy atom. The number of unbranched alkanes of at least 4 members (excludes halogenated alkanes) is 1. The van der Waals surface area contributed by atoms with E-state index in [1.165, 1.54) is 69.3 Å². The van der Waals surface area contributed by atoms with E-state index in [1.807, 2.05) is 11.8 Å². The van der Waals surface area contributed by atoms with Crippen LogP contribution in [-0.4, -0.2) is 45.8 Å². The third-order valence-electron chi connectivity index (χ3n) is 6.47. The summed E-state index contributed by atoms with van der Waals surface area (Å²) < 4.78 is 6.28. The highest BCUT2D eigenvalue weighted by atomic mass is 32.2. The van der Waals surface area contributed by atoms with Gasteiger partial charge in [0.1, 0.15) is 0 Å². The van der Waals surface area contributed by atoms with Crippen molar-refractivity contribution < 1.29 is 14.6 Å². The Kier molecular flexibility index (Phi) is 8.99. The van der Waals surface area contributed by atoms with Crippen molar-refractivity contribution in [3.63, 3.8) is 0 Å². The topological polar surface area (TPSA) is 46.5 Å². The Bertz CT molecular complexity index is 425. The van der Waals surface area contributed by atoms with E-state index in [2.05, 4.69) is 11.8 Å². The maximum atomic E-state index is 10.5. The second-order valence-electron chi connectivity index (χ2n) is 8.29. The largest absolute Gasteiger partial charge is 0.481 e. The molecule has 1 N–H and O–H groups in total. The highest BCUT2D eigenvalue weighted by molar-refractivity contribution is 7.99. The number of ether oxygens (including phenoxy) is 1. The summed E-state index contributed by atoms with van der Waals surface area (Å²) in [6.07, 6.45) is 15.7. The van der Waals surface area contributed by atoms with Crippen LogP contribution < -0.4 is 0 Å². The summed E-state index contributed by atoms with van der Waals surface area (Å²) in [5.41, 5.74) is 0. The Morgan fingerprint density at radius 3 is 2.27 bits per heavy atom. The van der Waals surface area contributed by atoms with E-state index in [0.29, 0.717) is 18.6 Å². The fourth-order valence-corrected chi connectivity index (χ4v) is 7.53. The first kappa shape index (κ1) is 20.9. The number of rotatable bonds is 12. The van der Waals surface area contributed by atoms with Crippen LogP contribution in [0.3, 0.4) is 0 Å². The third-order valence-corrected chi connectivity index (χ3v) is 8.99. The maximum absolute atomic E-state index is 10.5. The molecule has 2 heterocycles. The van der Waals surface area contributed by atoms with Gasteiger partial charge in [0, 0.05) is 11.7 Å². The van der Waals surface area contributed by atoms with E-state index in [9.17, 15) is 4.79 Å². The average Bonchev–Trinajstić information content (AvgIpc) is 3.24. The van der Waals surface area contributed by atoms with Gasteiger partial charge in [-0.15, -0.1) is 0 Å². The molecule has 2 bridgehead atoms. The van der Waals surface area contributed by atoms with Crippen LogP contribution in [0, 0.1) is 11.8 Å². The molecule has 26 heavy (non-hydrogen) atoms. The van der Waals surface area contributed by atoms with Crippen molar-refractivity contribution >= 4 is 29.5 Å². The van der Waals surface area contributed by atoms with Crippen LogP contribution >= 0.6 is 23.5 Å². The van der Waals surface area contributed by atoms with E-state index >= 15 is 0 Å².